The highest BCUT2D eigenvalue weighted by atomic mass is 32.1. The molecule has 0 saturated carbocycles. The van der Waals surface area contributed by atoms with Gasteiger partial charge in [-0.05, 0) is 24.0 Å². The SMILES string of the molecule is CC1(C)CC(=O)c2sc(-c3c(F)cccc3F)nc2C1. The summed E-state index contributed by atoms with van der Waals surface area (Å²) < 4.78 is 27.6. The Labute approximate surface area is 119 Å². The predicted octanol–water partition coefficient (Wildman–Crippen LogP) is 4.24. The molecule has 2 aromatic rings. The van der Waals surface area contributed by atoms with E-state index in [1.807, 2.05) is 13.8 Å². The number of ketones is 1. The first-order valence-electron chi connectivity index (χ1n) is 6.35. The zero-order chi connectivity index (χ0) is 14.5. The van der Waals surface area contributed by atoms with Gasteiger partial charge >= 0.3 is 0 Å². The first-order chi connectivity index (χ1) is 9.37. The molecule has 3 rings (SSSR count). The molecule has 1 heterocycles. The Morgan fingerprint density at radius 2 is 1.85 bits per heavy atom. The van der Waals surface area contributed by atoms with Gasteiger partial charge in [-0.25, -0.2) is 13.8 Å². The van der Waals surface area contributed by atoms with E-state index in [2.05, 4.69) is 4.98 Å². The van der Waals surface area contributed by atoms with Crippen molar-refractivity contribution >= 4 is 17.1 Å². The van der Waals surface area contributed by atoms with E-state index < -0.39 is 11.6 Å². The summed E-state index contributed by atoms with van der Waals surface area (Å²) in [6.45, 7) is 3.99. The molecular weight excluding hydrogens is 280 g/mol. The number of benzene rings is 1. The van der Waals surface area contributed by atoms with Crippen LogP contribution in [0.2, 0.25) is 0 Å². The fraction of sp³-hybridized carbons (Fsp3) is 0.333. The fourth-order valence-electron chi connectivity index (χ4n) is 2.53. The summed E-state index contributed by atoms with van der Waals surface area (Å²) in [5, 5.41) is 0.247. The van der Waals surface area contributed by atoms with Crippen molar-refractivity contribution in [3.8, 4) is 10.6 Å². The van der Waals surface area contributed by atoms with Crippen LogP contribution in [-0.2, 0) is 6.42 Å². The van der Waals surface area contributed by atoms with Gasteiger partial charge in [-0.2, -0.15) is 0 Å². The molecule has 0 N–H and O–H groups in total. The second kappa shape index (κ2) is 4.45. The van der Waals surface area contributed by atoms with Crippen molar-refractivity contribution in [2.45, 2.75) is 26.7 Å². The van der Waals surface area contributed by atoms with E-state index in [-0.39, 0.29) is 21.8 Å². The average molecular weight is 293 g/mol. The highest BCUT2D eigenvalue weighted by Crippen LogP contribution is 2.40. The van der Waals surface area contributed by atoms with Gasteiger partial charge < -0.3 is 0 Å². The van der Waals surface area contributed by atoms with E-state index in [0.29, 0.717) is 23.4 Å². The van der Waals surface area contributed by atoms with Crippen molar-refractivity contribution < 1.29 is 13.6 Å². The summed E-state index contributed by atoms with van der Waals surface area (Å²) in [5.74, 6) is -1.29. The number of fused-ring (bicyclic) bond motifs is 1. The molecule has 5 heteroatoms. The molecule has 1 aliphatic rings. The molecule has 2 nitrogen and oxygen atoms in total. The van der Waals surface area contributed by atoms with Gasteiger partial charge in [0.25, 0.3) is 0 Å². The summed E-state index contributed by atoms with van der Waals surface area (Å²) in [4.78, 5) is 16.9. The quantitative estimate of drug-likeness (QED) is 0.787. The average Bonchev–Trinajstić information content (AvgIpc) is 2.70. The molecule has 1 aromatic heterocycles. The van der Waals surface area contributed by atoms with E-state index in [1.165, 1.54) is 18.2 Å². The smallest absolute Gasteiger partial charge is 0.175 e. The number of thiazole rings is 1. The molecule has 20 heavy (non-hydrogen) atoms. The van der Waals surface area contributed by atoms with E-state index in [0.717, 1.165) is 11.3 Å². The highest BCUT2D eigenvalue weighted by Gasteiger charge is 2.34. The van der Waals surface area contributed by atoms with Gasteiger partial charge in [0.15, 0.2) is 5.78 Å². The van der Waals surface area contributed by atoms with Gasteiger partial charge in [0.1, 0.15) is 16.6 Å². The highest BCUT2D eigenvalue weighted by molar-refractivity contribution is 7.17. The third-order valence-electron chi connectivity index (χ3n) is 3.41. The van der Waals surface area contributed by atoms with Gasteiger partial charge in [-0.1, -0.05) is 19.9 Å². The van der Waals surface area contributed by atoms with Gasteiger partial charge in [0, 0.05) is 6.42 Å². The van der Waals surface area contributed by atoms with Crippen LogP contribution < -0.4 is 0 Å². The third-order valence-corrected chi connectivity index (χ3v) is 4.57. The van der Waals surface area contributed by atoms with Crippen LogP contribution in [0.5, 0.6) is 0 Å². The van der Waals surface area contributed by atoms with Crippen LogP contribution in [0.3, 0.4) is 0 Å². The number of hydrogen-bond donors (Lipinski definition) is 0. The lowest BCUT2D eigenvalue weighted by atomic mass is 9.78. The number of halogens is 2. The minimum atomic E-state index is -0.650. The minimum absolute atomic E-state index is 0.0109. The lowest BCUT2D eigenvalue weighted by molar-refractivity contribution is 0.0916. The third kappa shape index (κ3) is 2.16. The zero-order valence-electron chi connectivity index (χ0n) is 11.2. The Bertz CT molecular complexity index is 686. The van der Waals surface area contributed by atoms with Crippen LogP contribution in [0.1, 0.15) is 35.6 Å². The second-order valence-corrected chi connectivity index (χ2v) is 6.83. The molecule has 0 atom stereocenters. The number of rotatable bonds is 1. The molecule has 1 aromatic carbocycles. The normalized spacial score (nSPS) is 17.1. The van der Waals surface area contributed by atoms with E-state index >= 15 is 0 Å². The predicted molar refractivity (Wildman–Crippen MR) is 73.9 cm³/mol. The number of carbonyl (C=O) groups excluding carboxylic acids is 1. The Morgan fingerprint density at radius 1 is 1.20 bits per heavy atom. The van der Waals surface area contributed by atoms with E-state index in [9.17, 15) is 13.6 Å². The monoisotopic (exact) mass is 293 g/mol. The lowest BCUT2D eigenvalue weighted by Crippen LogP contribution is -2.25. The topological polar surface area (TPSA) is 30.0 Å². The van der Waals surface area contributed by atoms with Crippen molar-refractivity contribution in [2.75, 3.05) is 0 Å². The van der Waals surface area contributed by atoms with Crippen molar-refractivity contribution in [3.05, 3.63) is 40.4 Å². The summed E-state index contributed by atoms with van der Waals surface area (Å²) in [7, 11) is 0. The molecule has 0 aliphatic heterocycles. The summed E-state index contributed by atoms with van der Waals surface area (Å²) in [6, 6.07) is 3.71. The van der Waals surface area contributed by atoms with Gasteiger partial charge in [0.05, 0.1) is 16.1 Å². The maximum Gasteiger partial charge on any atom is 0.175 e. The van der Waals surface area contributed by atoms with Crippen molar-refractivity contribution in [2.24, 2.45) is 5.41 Å². The summed E-state index contributed by atoms with van der Waals surface area (Å²) in [6.07, 6.45) is 1.10. The number of Topliss-reactive ketones (excluding diaryl/α,β-unsaturated/α-hetero) is 1. The Balaban J connectivity index is 2.13. The Morgan fingerprint density at radius 3 is 2.50 bits per heavy atom. The largest absolute Gasteiger partial charge is 0.293 e. The van der Waals surface area contributed by atoms with Crippen LogP contribution >= 0.6 is 11.3 Å². The molecular formula is C15H13F2NOS. The van der Waals surface area contributed by atoms with Gasteiger partial charge in [-0.3, -0.25) is 4.79 Å². The molecule has 0 amide bonds. The number of carbonyl (C=O) groups is 1. The van der Waals surface area contributed by atoms with Crippen LogP contribution in [0, 0.1) is 17.0 Å². The maximum absolute atomic E-state index is 13.8. The standard InChI is InChI=1S/C15H13F2NOS/c1-15(2)6-10-13(11(19)7-15)20-14(18-10)12-8(16)4-3-5-9(12)17/h3-5H,6-7H2,1-2H3. The maximum atomic E-state index is 13.8. The molecule has 0 bridgehead atoms. The lowest BCUT2D eigenvalue weighted by Gasteiger charge is -2.26. The molecule has 104 valence electrons. The van der Waals surface area contributed by atoms with E-state index in [1.54, 1.807) is 0 Å². The Hall–Kier alpha value is -1.62. The fourth-order valence-corrected chi connectivity index (χ4v) is 3.60. The second-order valence-electron chi connectivity index (χ2n) is 5.83. The van der Waals surface area contributed by atoms with Crippen molar-refractivity contribution in [1.29, 1.82) is 0 Å². The first kappa shape index (κ1) is 13.4. The number of hydrogen-bond acceptors (Lipinski definition) is 3. The summed E-state index contributed by atoms with van der Waals surface area (Å²) >= 11 is 1.08. The molecule has 0 fully saturated rings. The van der Waals surface area contributed by atoms with Crippen LogP contribution in [-0.4, -0.2) is 10.8 Å². The van der Waals surface area contributed by atoms with Crippen molar-refractivity contribution in [3.63, 3.8) is 0 Å². The van der Waals surface area contributed by atoms with Crippen LogP contribution in [0.25, 0.3) is 10.6 Å². The molecule has 0 unspecified atom stereocenters. The minimum Gasteiger partial charge on any atom is -0.293 e. The van der Waals surface area contributed by atoms with Gasteiger partial charge in [-0.15, -0.1) is 11.3 Å². The molecule has 0 saturated heterocycles. The number of nitrogens with zero attached hydrogens (tertiary/aromatic N) is 1. The first-order valence-corrected chi connectivity index (χ1v) is 7.16. The molecule has 0 spiro atoms. The molecule has 1 aliphatic carbocycles. The van der Waals surface area contributed by atoms with E-state index in [4.69, 9.17) is 0 Å². The van der Waals surface area contributed by atoms with Gasteiger partial charge in [0.2, 0.25) is 0 Å². The number of aromatic nitrogens is 1. The Kier molecular flexibility index (Phi) is 2.97. The zero-order valence-corrected chi connectivity index (χ0v) is 12.0. The van der Waals surface area contributed by atoms with Crippen molar-refractivity contribution in [1.82, 2.24) is 4.98 Å². The van der Waals surface area contributed by atoms with Crippen LogP contribution in [0.4, 0.5) is 8.78 Å². The molecule has 0 radical (unpaired) electrons. The van der Waals surface area contributed by atoms with Crippen LogP contribution in [0.15, 0.2) is 18.2 Å². The summed E-state index contributed by atoms with van der Waals surface area (Å²) in [5.41, 5.74) is 0.370.